The fraction of sp³-hybridized carbons (Fsp3) is 0.500. The number of carbonyl (C=O) groups is 1. The Morgan fingerprint density at radius 1 is 1.27 bits per heavy atom. The minimum atomic E-state index is -0.0339. The Kier molecular flexibility index (Phi) is 5.87. The van der Waals surface area contributed by atoms with Crippen molar-refractivity contribution in [3.8, 4) is 11.5 Å². The van der Waals surface area contributed by atoms with Crippen LogP contribution in [0.4, 0.5) is 0 Å². The molecule has 0 atom stereocenters. The standard InChI is InChI=1S/C18H25NO3/c1-13(2)22-16-10-8-14(12-17(16)21-3)9-11-18(20)19-15-6-4-5-7-15/h8-13,15H,4-7H2,1-3H3,(H,19,20)/b11-9+. The predicted octanol–water partition coefficient (Wildman–Crippen LogP) is 3.55. The van der Waals surface area contributed by atoms with Crippen LogP contribution in [0.25, 0.3) is 6.08 Å². The van der Waals surface area contributed by atoms with Crippen molar-refractivity contribution in [2.45, 2.75) is 51.7 Å². The molecule has 22 heavy (non-hydrogen) atoms. The number of rotatable bonds is 6. The van der Waals surface area contributed by atoms with Crippen LogP contribution in [0.3, 0.4) is 0 Å². The Morgan fingerprint density at radius 3 is 2.64 bits per heavy atom. The second-order valence-electron chi connectivity index (χ2n) is 5.90. The van der Waals surface area contributed by atoms with Crippen molar-refractivity contribution >= 4 is 12.0 Å². The van der Waals surface area contributed by atoms with Crippen LogP contribution in [0.5, 0.6) is 11.5 Å². The first-order valence-electron chi connectivity index (χ1n) is 7.91. The first kappa shape index (κ1) is 16.4. The summed E-state index contributed by atoms with van der Waals surface area (Å²) >= 11 is 0. The van der Waals surface area contributed by atoms with Crippen LogP contribution in [0.1, 0.15) is 45.1 Å². The molecule has 2 rings (SSSR count). The third-order valence-corrected chi connectivity index (χ3v) is 3.68. The van der Waals surface area contributed by atoms with Gasteiger partial charge < -0.3 is 14.8 Å². The molecule has 1 N–H and O–H groups in total. The summed E-state index contributed by atoms with van der Waals surface area (Å²) in [5, 5.41) is 3.03. The molecule has 0 spiro atoms. The van der Waals surface area contributed by atoms with Crippen molar-refractivity contribution in [2.75, 3.05) is 7.11 Å². The minimum Gasteiger partial charge on any atom is -0.493 e. The predicted molar refractivity (Wildman–Crippen MR) is 88.2 cm³/mol. The van der Waals surface area contributed by atoms with Crippen LogP contribution in [-0.2, 0) is 4.79 Å². The van der Waals surface area contributed by atoms with E-state index in [9.17, 15) is 4.79 Å². The van der Waals surface area contributed by atoms with Gasteiger partial charge >= 0.3 is 0 Å². The van der Waals surface area contributed by atoms with E-state index in [1.54, 1.807) is 19.3 Å². The van der Waals surface area contributed by atoms with Gasteiger partial charge in [-0.05, 0) is 50.5 Å². The van der Waals surface area contributed by atoms with Crippen molar-refractivity contribution in [3.05, 3.63) is 29.8 Å². The SMILES string of the molecule is COc1cc(/C=C/C(=O)NC2CCCC2)ccc1OC(C)C. The van der Waals surface area contributed by atoms with Gasteiger partial charge in [-0.2, -0.15) is 0 Å². The van der Waals surface area contributed by atoms with E-state index in [4.69, 9.17) is 9.47 Å². The molecule has 1 aliphatic carbocycles. The van der Waals surface area contributed by atoms with E-state index in [1.807, 2.05) is 32.0 Å². The number of benzene rings is 1. The molecule has 1 aromatic rings. The van der Waals surface area contributed by atoms with E-state index in [0.29, 0.717) is 17.5 Å². The number of hydrogen-bond acceptors (Lipinski definition) is 3. The van der Waals surface area contributed by atoms with Crippen LogP contribution in [-0.4, -0.2) is 25.2 Å². The van der Waals surface area contributed by atoms with Crippen molar-refractivity contribution in [1.29, 1.82) is 0 Å². The lowest BCUT2D eigenvalue weighted by Gasteiger charge is -2.13. The molecule has 0 bridgehead atoms. The first-order valence-corrected chi connectivity index (χ1v) is 7.91. The van der Waals surface area contributed by atoms with Gasteiger partial charge in [-0.25, -0.2) is 0 Å². The maximum Gasteiger partial charge on any atom is 0.244 e. The van der Waals surface area contributed by atoms with Crippen molar-refractivity contribution in [3.63, 3.8) is 0 Å². The van der Waals surface area contributed by atoms with Gasteiger partial charge in [0.15, 0.2) is 11.5 Å². The summed E-state index contributed by atoms with van der Waals surface area (Å²) in [5.41, 5.74) is 0.912. The number of ether oxygens (including phenoxy) is 2. The Bertz CT molecular complexity index is 531. The van der Waals surface area contributed by atoms with Crippen LogP contribution in [0.15, 0.2) is 24.3 Å². The van der Waals surface area contributed by atoms with Crippen LogP contribution >= 0.6 is 0 Å². The van der Waals surface area contributed by atoms with Gasteiger partial charge in [-0.1, -0.05) is 18.9 Å². The van der Waals surface area contributed by atoms with E-state index < -0.39 is 0 Å². The topological polar surface area (TPSA) is 47.6 Å². The van der Waals surface area contributed by atoms with Gasteiger partial charge in [0.05, 0.1) is 13.2 Å². The maximum absolute atomic E-state index is 11.9. The molecule has 0 radical (unpaired) electrons. The Balaban J connectivity index is 1.99. The summed E-state index contributed by atoms with van der Waals surface area (Å²) in [7, 11) is 1.61. The summed E-state index contributed by atoms with van der Waals surface area (Å²) in [6.45, 7) is 3.95. The smallest absolute Gasteiger partial charge is 0.244 e. The van der Waals surface area contributed by atoms with Gasteiger partial charge in [0.2, 0.25) is 5.91 Å². The molecule has 0 aromatic heterocycles. The number of amides is 1. The molecule has 1 aromatic carbocycles. The molecular weight excluding hydrogens is 278 g/mol. The first-order chi connectivity index (χ1) is 10.6. The van der Waals surface area contributed by atoms with Crippen molar-refractivity contribution in [2.24, 2.45) is 0 Å². The highest BCUT2D eigenvalue weighted by Crippen LogP contribution is 2.29. The Hall–Kier alpha value is -1.97. The monoisotopic (exact) mass is 303 g/mol. The van der Waals surface area contributed by atoms with Crippen molar-refractivity contribution in [1.82, 2.24) is 5.32 Å². The lowest BCUT2D eigenvalue weighted by atomic mass is 10.1. The van der Waals surface area contributed by atoms with E-state index in [0.717, 1.165) is 18.4 Å². The molecule has 1 aliphatic rings. The highest BCUT2D eigenvalue weighted by atomic mass is 16.5. The van der Waals surface area contributed by atoms with E-state index in [1.165, 1.54) is 12.8 Å². The average molecular weight is 303 g/mol. The Labute approximate surface area is 132 Å². The summed E-state index contributed by atoms with van der Waals surface area (Å²) in [4.78, 5) is 11.9. The van der Waals surface area contributed by atoms with Gasteiger partial charge in [-0.3, -0.25) is 4.79 Å². The molecule has 1 fully saturated rings. The second kappa shape index (κ2) is 7.87. The number of carbonyl (C=O) groups excluding carboxylic acids is 1. The fourth-order valence-corrected chi connectivity index (χ4v) is 2.63. The van der Waals surface area contributed by atoms with Gasteiger partial charge in [-0.15, -0.1) is 0 Å². The minimum absolute atomic E-state index is 0.0339. The quantitative estimate of drug-likeness (QED) is 0.818. The van der Waals surface area contributed by atoms with Crippen LogP contribution in [0, 0.1) is 0 Å². The molecule has 1 saturated carbocycles. The molecule has 0 aliphatic heterocycles. The molecule has 1 amide bonds. The van der Waals surface area contributed by atoms with Gasteiger partial charge in [0.1, 0.15) is 0 Å². The number of nitrogens with one attached hydrogen (secondary N) is 1. The summed E-state index contributed by atoms with van der Waals surface area (Å²) < 4.78 is 11.0. The normalized spacial score (nSPS) is 15.5. The summed E-state index contributed by atoms with van der Waals surface area (Å²) in [6.07, 6.45) is 8.07. The van der Waals surface area contributed by atoms with Gasteiger partial charge in [0, 0.05) is 12.1 Å². The summed E-state index contributed by atoms with van der Waals surface area (Å²) in [5.74, 6) is 1.35. The number of methoxy groups -OCH3 is 1. The second-order valence-corrected chi connectivity index (χ2v) is 5.90. The third-order valence-electron chi connectivity index (χ3n) is 3.68. The van der Waals surface area contributed by atoms with E-state index >= 15 is 0 Å². The third kappa shape index (κ3) is 4.79. The molecule has 120 valence electrons. The fourth-order valence-electron chi connectivity index (χ4n) is 2.63. The molecule has 4 heteroatoms. The zero-order valence-corrected chi connectivity index (χ0v) is 13.6. The number of hydrogen-bond donors (Lipinski definition) is 1. The zero-order valence-electron chi connectivity index (χ0n) is 13.6. The lowest BCUT2D eigenvalue weighted by Crippen LogP contribution is -2.30. The molecule has 4 nitrogen and oxygen atoms in total. The zero-order chi connectivity index (χ0) is 15.9. The lowest BCUT2D eigenvalue weighted by molar-refractivity contribution is -0.117. The average Bonchev–Trinajstić information content (AvgIpc) is 2.98. The highest BCUT2D eigenvalue weighted by molar-refractivity contribution is 5.92. The molecule has 0 heterocycles. The molecule has 0 unspecified atom stereocenters. The molecular formula is C18H25NO3. The summed E-state index contributed by atoms with van der Waals surface area (Å²) in [6, 6.07) is 6.00. The highest BCUT2D eigenvalue weighted by Gasteiger charge is 2.15. The van der Waals surface area contributed by atoms with E-state index in [2.05, 4.69) is 5.32 Å². The van der Waals surface area contributed by atoms with Gasteiger partial charge in [0.25, 0.3) is 0 Å². The van der Waals surface area contributed by atoms with Crippen LogP contribution in [0.2, 0.25) is 0 Å². The maximum atomic E-state index is 11.9. The van der Waals surface area contributed by atoms with Crippen molar-refractivity contribution < 1.29 is 14.3 Å². The van der Waals surface area contributed by atoms with E-state index in [-0.39, 0.29) is 12.0 Å². The largest absolute Gasteiger partial charge is 0.493 e. The van der Waals surface area contributed by atoms with Crippen LogP contribution < -0.4 is 14.8 Å². The molecule has 0 saturated heterocycles. The Morgan fingerprint density at radius 2 is 2.00 bits per heavy atom.